The largest absolute Gasteiger partial charge is 0.497 e. The molecule has 34 heavy (non-hydrogen) atoms. The predicted octanol–water partition coefficient (Wildman–Crippen LogP) is 6.63. The summed E-state index contributed by atoms with van der Waals surface area (Å²) in [6, 6.07) is 36.2. The van der Waals surface area contributed by atoms with Crippen LogP contribution in [0.5, 0.6) is 11.5 Å². The lowest BCUT2D eigenvalue weighted by atomic mass is 9.78. The highest BCUT2D eigenvalue weighted by Gasteiger charge is 2.30. The highest BCUT2D eigenvalue weighted by atomic mass is 16.5. The van der Waals surface area contributed by atoms with Crippen molar-refractivity contribution in [2.24, 2.45) is 0 Å². The Labute approximate surface area is 202 Å². The summed E-state index contributed by atoms with van der Waals surface area (Å²) in [4.78, 5) is 14.2. The van der Waals surface area contributed by atoms with Gasteiger partial charge in [0, 0.05) is 11.8 Å². The lowest BCUT2D eigenvalue weighted by Gasteiger charge is -2.24. The van der Waals surface area contributed by atoms with Crippen LogP contribution in [0.1, 0.15) is 34.1 Å². The van der Waals surface area contributed by atoms with Crippen LogP contribution >= 0.6 is 0 Å². The minimum absolute atomic E-state index is 0.226. The molecule has 0 saturated heterocycles. The monoisotopic (exact) mass is 450 g/mol. The van der Waals surface area contributed by atoms with Crippen molar-refractivity contribution < 1.29 is 14.3 Å². The van der Waals surface area contributed by atoms with Gasteiger partial charge in [0.15, 0.2) is 0 Å². The molecular weight excluding hydrogens is 420 g/mol. The smallest absolute Gasteiger partial charge is 0.148 e. The van der Waals surface area contributed by atoms with E-state index in [0.717, 1.165) is 33.8 Å². The Morgan fingerprint density at radius 2 is 0.912 bits per heavy atom. The van der Waals surface area contributed by atoms with Crippen molar-refractivity contribution in [1.82, 2.24) is 0 Å². The van der Waals surface area contributed by atoms with Gasteiger partial charge in [0.05, 0.1) is 14.2 Å². The van der Waals surface area contributed by atoms with E-state index < -0.39 is 0 Å². The summed E-state index contributed by atoms with van der Waals surface area (Å²) in [5.41, 5.74) is 4.30. The Balaban J connectivity index is 1.69. The summed E-state index contributed by atoms with van der Waals surface area (Å²) in [6.07, 6.45) is 1.28. The summed E-state index contributed by atoms with van der Waals surface area (Å²) in [7, 11) is 3.32. The van der Waals surface area contributed by atoms with Crippen LogP contribution in [0.4, 0.5) is 0 Å². The van der Waals surface area contributed by atoms with Gasteiger partial charge in [-0.3, -0.25) is 4.79 Å². The molecule has 3 nitrogen and oxygen atoms in total. The summed E-state index contributed by atoms with van der Waals surface area (Å²) in [5, 5.41) is 0. The van der Waals surface area contributed by atoms with Gasteiger partial charge >= 0.3 is 0 Å². The highest BCUT2D eigenvalue weighted by Crippen LogP contribution is 2.32. The quantitative estimate of drug-likeness (QED) is 0.272. The minimum Gasteiger partial charge on any atom is -0.497 e. The van der Waals surface area contributed by atoms with Crippen LogP contribution in [0, 0.1) is 0 Å². The van der Waals surface area contributed by atoms with Gasteiger partial charge < -0.3 is 9.47 Å². The summed E-state index contributed by atoms with van der Waals surface area (Å²) < 4.78 is 10.6. The molecule has 0 bridgehead atoms. The number of carbonyl (C=O) groups excluding carboxylic acids is 1. The molecule has 0 N–H and O–H groups in total. The van der Waals surface area contributed by atoms with Crippen LogP contribution in [0.15, 0.2) is 109 Å². The molecule has 4 rings (SSSR count). The minimum atomic E-state index is -0.252. The molecule has 0 heterocycles. The maximum absolute atomic E-state index is 14.2. The Morgan fingerprint density at radius 1 is 0.559 bits per heavy atom. The first-order valence-electron chi connectivity index (χ1n) is 11.6. The molecule has 0 radical (unpaired) electrons. The van der Waals surface area contributed by atoms with Crippen LogP contribution in [0.2, 0.25) is 0 Å². The Morgan fingerprint density at radius 3 is 1.24 bits per heavy atom. The first kappa shape index (κ1) is 23.3. The molecule has 0 amide bonds. The van der Waals surface area contributed by atoms with E-state index in [9.17, 15) is 4.79 Å². The van der Waals surface area contributed by atoms with Gasteiger partial charge in [-0.2, -0.15) is 0 Å². The van der Waals surface area contributed by atoms with Crippen LogP contribution in [0.25, 0.3) is 0 Å². The number of hydrogen-bond acceptors (Lipinski definition) is 3. The van der Waals surface area contributed by atoms with Crippen LogP contribution in [0.3, 0.4) is 0 Å². The first-order chi connectivity index (χ1) is 16.7. The number of benzene rings is 4. The van der Waals surface area contributed by atoms with Gasteiger partial charge in [0.1, 0.15) is 17.3 Å². The zero-order valence-corrected chi connectivity index (χ0v) is 19.7. The molecular formula is C31H30O3. The van der Waals surface area contributed by atoms with Crippen molar-refractivity contribution >= 4 is 5.78 Å². The van der Waals surface area contributed by atoms with Crippen molar-refractivity contribution in [3.05, 3.63) is 131 Å². The summed E-state index contributed by atoms with van der Waals surface area (Å²) in [5.74, 6) is 1.35. The van der Waals surface area contributed by atoms with E-state index in [0.29, 0.717) is 12.8 Å². The first-order valence-corrected chi connectivity index (χ1v) is 11.6. The standard InChI is InChI=1S/C31H30O3/c1-33-27-17-13-23(14-18-27)21-29(25-9-5-3-6-10-25)31(32)30(26-11-7-4-8-12-26)22-24-15-19-28(34-2)20-16-24/h3-20,29-30H,21-22H2,1-2H3. The maximum atomic E-state index is 14.2. The van der Waals surface area contributed by atoms with Gasteiger partial charge in [0.2, 0.25) is 0 Å². The third-order valence-electron chi connectivity index (χ3n) is 6.29. The van der Waals surface area contributed by atoms with Gasteiger partial charge in [-0.25, -0.2) is 0 Å². The number of Topliss-reactive ketones (excluding diaryl/α,β-unsaturated/α-hetero) is 1. The van der Waals surface area contributed by atoms with E-state index in [4.69, 9.17) is 9.47 Å². The van der Waals surface area contributed by atoms with Crippen LogP contribution < -0.4 is 9.47 Å². The van der Waals surface area contributed by atoms with Crippen LogP contribution in [-0.2, 0) is 17.6 Å². The summed E-state index contributed by atoms with van der Waals surface area (Å²) >= 11 is 0. The van der Waals surface area contributed by atoms with E-state index in [1.165, 1.54) is 0 Å². The van der Waals surface area contributed by atoms with Gasteiger partial charge in [-0.1, -0.05) is 84.9 Å². The third-order valence-corrected chi connectivity index (χ3v) is 6.29. The average Bonchev–Trinajstić information content (AvgIpc) is 2.91. The number of hydrogen-bond donors (Lipinski definition) is 0. The van der Waals surface area contributed by atoms with Gasteiger partial charge in [-0.15, -0.1) is 0 Å². The topological polar surface area (TPSA) is 35.5 Å². The second-order valence-electron chi connectivity index (χ2n) is 8.43. The van der Waals surface area contributed by atoms with E-state index in [2.05, 4.69) is 24.3 Å². The Hall–Kier alpha value is -3.85. The number of ether oxygens (including phenoxy) is 2. The van der Waals surface area contributed by atoms with Crippen molar-refractivity contribution in [2.75, 3.05) is 14.2 Å². The number of methoxy groups -OCH3 is 2. The molecule has 0 aromatic heterocycles. The van der Waals surface area contributed by atoms with E-state index in [1.54, 1.807) is 14.2 Å². The molecule has 3 heteroatoms. The van der Waals surface area contributed by atoms with E-state index >= 15 is 0 Å². The number of rotatable bonds is 10. The number of ketones is 1. The molecule has 4 aromatic rings. The summed E-state index contributed by atoms with van der Waals surface area (Å²) in [6.45, 7) is 0. The molecule has 4 aromatic carbocycles. The average molecular weight is 451 g/mol. The van der Waals surface area contributed by atoms with Crippen molar-refractivity contribution in [3.8, 4) is 11.5 Å². The fraction of sp³-hybridized carbons (Fsp3) is 0.194. The maximum Gasteiger partial charge on any atom is 0.148 e. The Kier molecular flexibility index (Phi) is 7.77. The van der Waals surface area contributed by atoms with Crippen molar-refractivity contribution in [2.45, 2.75) is 24.7 Å². The second-order valence-corrected chi connectivity index (χ2v) is 8.43. The highest BCUT2D eigenvalue weighted by molar-refractivity contribution is 5.92. The molecule has 2 unspecified atom stereocenters. The lowest BCUT2D eigenvalue weighted by Crippen LogP contribution is -2.24. The normalized spacial score (nSPS) is 12.5. The lowest BCUT2D eigenvalue weighted by molar-refractivity contribution is -0.122. The SMILES string of the molecule is COc1ccc(CC(C(=O)C(Cc2ccc(OC)cc2)c2ccccc2)c2ccccc2)cc1. The molecule has 172 valence electrons. The third kappa shape index (κ3) is 5.74. The molecule has 0 fully saturated rings. The van der Waals surface area contributed by atoms with Crippen molar-refractivity contribution in [1.29, 1.82) is 0 Å². The Bertz CT molecular complexity index is 1070. The zero-order valence-electron chi connectivity index (χ0n) is 19.7. The fourth-order valence-corrected chi connectivity index (χ4v) is 4.37. The van der Waals surface area contributed by atoms with Crippen molar-refractivity contribution in [3.63, 3.8) is 0 Å². The molecule has 0 aliphatic rings. The molecule has 0 spiro atoms. The molecule has 0 aliphatic carbocycles. The van der Waals surface area contributed by atoms with E-state index in [1.807, 2.05) is 84.9 Å². The van der Waals surface area contributed by atoms with Crippen LogP contribution in [-0.4, -0.2) is 20.0 Å². The zero-order chi connectivity index (χ0) is 23.8. The molecule has 0 saturated carbocycles. The van der Waals surface area contributed by atoms with Gasteiger partial charge in [0.25, 0.3) is 0 Å². The molecule has 2 atom stereocenters. The van der Waals surface area contributed by atoms with E-state index in [-0.39, 0.29) is 17.6 Å². The predicted molar refractivity (Wildman–Crippen MR) is 137 cm³/mol. The molecule has 0 aliphatic heterocycles. The fourth-order valence-electron chi connectivity index (χ4n) is 4.37. The van der Waals surface area contributed by atoms with Gasteiger partial charge in [-0.05, 0) is 59.4 Å². The second kappa shape index (κ2) is 11.3. The number of carbonyl (C=O) groups is 1.